The topological polar surface area (TPSA) is 92.8 Å². The molecule has 2 aromatic carbocycles. The number of nitrogens with one attached hydrogen (secondary N) is 1. The van der Waals surface area contributed by atoms with E-state index in [2.05, 4.69) is 5.32 Å². The number of esters is 1. The van der Waals surface area contributed by atoms with Crippen molar-refractivity contribution in [3.05, 3.63) is 63.7 Å². The molecule has 1 N–H and O–H groups in total. The number of ether oxygens (including phenoxy) is 1. The van der Waals surface area contributed by atoms with Crippen molar-refractivity contribution in [1.29, 1.82) is 0 Å². The Bertz CT molecular complexity index is 1020. The van der Waals surface area contributed by atoms with E-state index in [0.717, 1.165) is 10.5 Å². The zero-order chi connectivity index (χ0) is 21.1. The number of carbonyl (C=O) groups excluding carboxylic acids is 4. The van der Waals surface area contributed by atoms with Crippen LogP contribution in [-0.2, 0) is 14.3 Å². The molecule has 0 saturated heterocycles. The monoisotopic (exact) mass is 414 g/mol. The molecule has 0 saturated carbocycles. The fourth-order valence-electron chi connectivity index (χ4n) is 2.96. The molecule has 0 radical (unpaired) electrons. The first kappa shape index (κ1) is 20.5. The number of hydrogen-bond acceptors (Lipinski definition) is 5. The Labute approximate surface area is 172 Å². The summed E-state index contributed by atoms with van der Waals surface area (Å²) in [5.41, 5.74) is 2.76. The van der Waals surface area contributed by atoms with Crippen molar-refractivity contribution >= 4 is 41.0 Å². The number of benzene rings is 2. The molecule has 2 aromatic rings. The van der Waals surface area contributed by atoms with E-state index in [1.54, 1.807) is 43.3 Å². The summed E-state index contributed by atoms with van der Waals surface area (Å²) in [5, 5.41) is 3.13. The Balaban J connectivity index is 1.49. The van der Waals surface area contributed by atoms with Gasteiger partial charge in [0.25, 0.3) is 17.7 Å². The predicted octanol–water partition coefficient (Wildman–Crippen LogP) is 3.12. The summed E-state index contributed by atoms with van der Waals surface area (Å²) in [4.78, 5) is 49.7. The highest BCUT2D eigenvalue weighted by Crippen LogP contribution is 2.24. The average molecular weight is 415 g/mol. The highest BCUT2D eigenvalue weighted by Gasteiger charge is 2.35. The molecule has 0 aliphatic carbocycles. The normalized spacial score (nSPS) is 12.7. The van der Waals surface area contributed by atoms with Gasteiger partial charge >= 0.3 is 5.97 Å². The minimum absolute atomic E-state index is 0.112. The zero-order valence-corrected chi connectivity index (χ0v) is 16.7. The number of amides is 3. The van der Waals surface area contributed by atoms with Gasteiger partial charge in [-0.2, -0.15) is 0 Å². The molecule has 0 unspecified atom stereocenters. The number of anilines is 1. The number of fused-ring (bicyclic) bond motifs is 1. The quantitative estimate of drug-likeness (QED) is 0.579. The van der Waals surface area contributed by atoms with Crippen molar-refractivity contribution in [3.8, 4) is 0 Å². The first-order valence-corrected chi connectivity index (χ1v) is 9.33. The van der Waals surface area contributed by atoms with Crippen molar-refractivity contribution in [2.45, 2.75) is 20.3 Å². The minimum Gasteiger partial charge on any atom is -0.456 e. The second-order valence-electron chi connectivity index (χ2n) is 6.68. The number of nitrogens with zero attached hydrogens (tertiary/aromatic N) is 1. The summed E-state index contributed by atoms with van der Waals surface area (Å²) in [7, 11) is 0. The van der Waals surface area contributed by atoms with E-state index in [1.165, 1.54) is 0 Å². The molecule has 0 aromatic heterocycles. The summed E-state index contributed by atoms with van der Waals surface area (Å²) >= 11 is 6.00. The van der Waals surface area contributed by atoms with Gasteiger partial charge in [0.15, 0.2) is 6.61 Å². The van der Waals surface area contributed by atoms with E-state index >= 15 is 0 Å². The van der Waals surface area contributed by atoms with Gasteiger partial charge in [-0.25, -0.2) is 0 Å². The van der Waals surface area contributed by atoms with Crippen LogP contribution in [0.4, 0.5) is 5.69 Å². The lowest BCUT2D eigenvalue weighted by molar-refractivity contribution is -0.147. The van der Waals surface area contributed by atoms with Crippen molar-refractivity contribution in [1.82, 2.24) is 4.90 Å². The van der Waals surface area contributed by atoms with Gasteiger partial charge in [0.2, 0.25) is 0 Å². The highest BCUT2D eigenvalue weighted by atomic mass is 35.5. The van der Waals surface area contributed by atoms with Crippen LogP contribution in [-0.4, -0.2) is 41.7 Å². The minimum atomic E-state index is -0.685. The van der Waals surface area contributed by atoms with Gasteiger partial charge < -0.3 is 10.1 Å². The molecule has 0 bridgehead atoms. The van der Waals surface area contributed by atoms with Crippen molar-refractivity contribution in [2.24, 2.45) is 0 Å². The molecular weight excluding hydrogens is 396 g/mol. The van der Waals surface area contributed by atoms with Gasteiger partial charge in [-0.15, -0.1) is 0 Å². The zero-order valence-electron chi connectivity index (χ0n) is 16.0. The van der Waals surface area contributed by atoms with E-state index < -0.39 is 30.3 Å². The summed E-state index contributed by atoms with van der Waals surface area (Å²) in [6.45, 7) is 2.99. The second-order valence-corrected chi connectivity index (χ2v) is 7.09. The number of imide groups is 1. The van der Waals surface area contributed by atoms with Crippen LogP contribution < -0.4 is 5.32 Å². The molecule has 3 amide bonds. The Morgan fingerprint density at radius 2 is 1.79 bits per heavy atom. The number of rotatable bonds is 6. The fourth-order valence-corrected chi connectivity index (χ4v) is 3.13. The van der Waals surface area contributed by atoms with Crippen LogP contribution in [0.1, 0.15) is 38.3 Å². The molecule has 8 heteroatoms. The molecule has 150 valence electrons. The van der Waals surface area contributed by atoms with Gasteiger partial charge in [-0.05, 0) is 43.7 Å². The van der Waals surface area contributed by atoms with E-state index in [-0.39, 0.29) is 13.0 Å². The summed E-state index contributed by atoms with van der Waals surface area (Å²) in [6.07, 6.45) is -0.200. The maximum absolute atomic E-state index is 12.4. The maximum atomic E-state index is 12.4. The van der Waals surface area contributed by atoms with Gasteiger partial charge in [0.05, 0.1) is 17.5 Å². The van der Waals surface area contributed by atoms with Gasteiger partial charge in [0.1, 0.15) is 0 Å². The summed E-state index contributed by atoms with van der Waals surface area (Å²) in [5.74, 6) is -2.07. The lowest BCUT2D eigenvalue weighted by Gasteiger charge is -2.13. The fraction of sp³-hybridized carbons (Fsp3) is 0.238. The van der Waals surface area contributed by atoms with Gasteiger partial charge in [0, 0.05) is 17.3 Å². The predicted molar refractivity (Wildman–Crippen MR) is 107 cm³/mol. The molecule has 0 spiro atoms. The molecule has 7 nitrogen and oxygen atoms in total. The summed E-state index contributed by atoms with van der Waals surface area (Å²) < 4.78 is 4.94. The number of halogens is 1. The Morgan fingerprint density at radius 3 is 2.55 bits per heavy atom. The molecule has 1 heterocycles. The molecule has 29 heavy (non-hydrogen) atoms. The lowest BCUT2D eigenvalue weighted by Crippen LogP contribution is -2.32. The van der Waals surface area contributed by atoms with Gasteiger partial charge in [-0.3, -0.25) is 24.1 Å². The van der Waals surface area contributed by atoms with Crippen molar-refractivity contribution in [2.75, 3.05) is 18.5 Å². The second kappa shape index (κ2) is 8.45. The largest absolute Gasteiger partial charge is 0.456 e. The third-order valence-electron chi connectivity index (χ3n) is 4.57. The molecule has 0 fully saturated rings. The summed E-state index contributed by atoms with van der Waals surface area (Å²) in [6, 6.07) is 10.1. The van der Waals surface area contributed by atoms with E-state index in [4.69, 9.17) is 16.3 Å². The third-order valence-corrected chi connectivity index (χ3v) is 4.98. The molecule has 1 aliphatic heterocycles. The van der Waals surface area contributed by atoms with Crippen LogP contribution in [0.25, 0.3) is 0 Å². The van der Waals surface area contributed by atoms with E-state index in [0.29, 0.717) is 27.4 Å². The smallest absolute Gasteiger partial charge is 0.308 e. The lowest BCUT2D eigenvalue weighted by atomic mass is 10.1. The Hall–Kier alpha value is -3.19. The van der Waals surface area contributed by atoms with E-state index in [9.17, 15) is 19.2 Å². The Kier molecular flexibility index (Phi) is 5.98. The van der Waals surface area contributed by atoms with Crippen LogP contribution >= 0.6 is 11.6 Å². The number of aryl methyl sites for hydroxylation is 1. The van der Waals surface area contributed by atoms with Crippen LogP contribution in [0, 0.1) is 13.8 Å². The van der Waals surface area contributed by atoms with Crippen molar-refractivity contribution < 1.29 is 23.9 Å². The number of carbonyl (C=O) groups is 4. The SMILES string of the molecule is Cc1ccc2c(c1)C(=O)N(CCC(=O)OCC(=O)Nc1cccc(Cl)c1C)C2=O. The van der Waals surface area contributed by atoms with Crippen LogP contribution in [0.15, 0.2) is 36.4 Å². The standard InChI is InChI=1S/C21H19ClN2O5/c1-12-6-7-14-15(10-12)21(28)24(20(14)27)9-8-19(26)29-11-18(25)23-17-5-3-4-16(22)13(17)2/h3-7,10H,8-9,11H2,1-2H3,(H,23,25). The molecule has 3 rings (SSSR count). The van der Waals surface area contributed by atoms with Crippen LogP contribution in [0.5, 0.6) is 0 Å². The maximum Gasteiger partial charge on any atom is 0.308 e. The Morgan fingerprint density at radius 1 is 1.07 bits per heavy atom. The van der Waals surface area contributed by atoms with Gasteiger partial charge in [-0.1, -0.05) is 29.3 Å². The highest BCUT2D eigenvalue weighted by molar-refractivity contribution is 6.31. The van der Waals surface area contributed by atoms with Crippen molar-refractivity contribution in [3.63, 3.8) is 0 Å². The first-order valence-electron chi connectivity index (χ1n) is 8.95. The first-order chi connectivity index (χ1) is 13.8. The number of hydrogen-bond donors (Lipinski definition) is 1. The third kappa shape index (κ3) is 4.46. The molecular formula is C21H19ClN2O5. The molecule has 0 atom stereocenters. The van der Waals surface area contributed by atoms with Crippen LogP contribution in [0.2, 0.25) is 5.02 Å². The molecule has 1 aliphatic rings. The average Bonchev–Trinajstić information content (AvgIpc) is 2.92. The van der Waals surface area contributed by atoms with Crippen LogP contribution in [0.3, 0.4) is 0 Å². The van der Waals surface area contributed by atoms with E-state index in [1.807, 2.05) is 6.92 Å².